The molecule has 92 valence electrons. The Balaban J connectivity index is 2.44. The molecule has 2 N–H and O–H groups in total. The van der Waals surface area contributed by atoms with Gasteiger partial charge in [0.15, 0.2) is 0 Å². The fourth-order valence-electron chi connectivity index (χ4n) is 1.75. The van der Waals surface area contributed by atoms with Crippen molar-refractivity contribution in [1.82, 2.24) is 14.8 Å². The van der Waals surface area contributed by atoms with E-state index in [1.807, 2.05) is 19.4 Å². The van der Waals surface area contributed by atoms with Crippen molar-refractivity contribution in [1.29, 1.82) is 0 Å². The predicted molar refractivity (Wildman–Crippen MR) is 71.2 cm³/mol. The molecule has 0 aliphatic rings. The first kappa shape index (κ1) is 12.3. The van der Waals surface area contributed by atoms with Gasteiger partial charge in [-0.3, -0.25) is 4.68 Å². The quantitative estimate of drug-likeness (QED) is 0.904. The zero-order chi connectivity index (χ0) is 12.4. The molecule has 0 aliphatic carbocycles. The summed E-state index contributed by atoms with van der Waals surface area (Å²) in [5, 5.41) is 5.33. The summed E-state index contributed by atoms with van der Waals surface area (Å²) in [4.78, 5) is 6.01. The van der Waals surface area contributed by atoms with Crippen molar-refractivity contribution in [3.05, 3.63) is 22.3 Å². The molecule has 0 bridgehead atoms. The van der Waals surface area contributed by atoms with E-state index in [0.29, 0.717) is 12.5 Å². The number of rotatable bonds is 4. The summed E-state index contributed by atoms with van der Waals surface area (Å²) < 4.78 is 1.81. The third-order valence-corrected chi connectivity index (χ3v) is 3.97. The lowest BCUT2D eigenvalue weighted by Gasteiger charge is -2.02. The lowest BCUT2D eigenvalue weighted by atomic mass is 10.1. The van der Waals surface area contributed by atoms with Gasteiger partial charge in [-0.05, 0) is 12.5 Å². The average Bonchev–Trinajstić information content (AvgIpc) is 2.84. The topological polar surface area (TPSA) is 56.7 Å². The van der Waals surface area contributed by atoms with Crippen molar-refractivity contribution >= 4 is 11.3 Å². The molecule has 2 aromatic heterocycles. The van der Waals surface area contributed by atoms with E-state index in [2.05, 4.69) is 23.9 Å². The summed E-state index contributed by atoms with van der Waals surface area (Å²) in [5.41, 5.74) is 7.75. The Kier molecular flexibility index (Phi) is 3.59. The number of aromatic nitrogens is 3. The largest absolute Gasteiger partial charge is 0.330 e. The van der Waals surface area contributed by atoms with Gasteiger partial charge in [-0.2, -0.15) is 5.10 Å². The maximum atomic E-state index is 5.59. The van der Waals surface area contributed by atoms with Crippen molar-refractivity contribution in [2.75, 3.05) is 6.54 Å². The lowest BCUT2D eigenvalue weighted by Crippen LogP contribution is -2.01. The molecule has 0 spiro atoms. The molecule has 17 heavy (non-hydrogen) atoms. The van der Waals surface area contributed by atoms with Crippen LogP contribution in [0, 0.1) is 0 Å². The normalized spacial score (nSPS) is 11.4. The van der Waals surface area contributed by atoms with E-state index in [0.717, 1.165) is 22.7 Å². The average molecular weight is 250 g/mol. The van der Waals surface area contributed by atoms with Crippen LogP contribution in [0.3, 0.4) is 0 Å². The number of aryl methyl sites for hydroxylation is 1. The fraction of sp³-hybridized carbons (Fsp3) is 0.500. The third kappa shape index (κ3) is 2.56. The predicted octanol–water partition coefficient (Wildman–Crippen LogP) is 2.17. The van der Waals surface area contributed by atoms with Crippen LogP contribution in [0.5, 0.6) is 0 Å². The molecule has 0 unspecified atom stereocenters. The second-order valence-electron chi connectivity index (χ2n) is 4.42. The summed E-state index contributed by atoms with van der Waals surface area (Å²) in [5.74, 6) is 0.481. The van der Waals surface area contributed by atoms with Crippen molar-refractivity contribution in [3.8, 4) is 11.3 Å². The fourth-order valence-corrected chi connectivity index (χ4v) is 2.86. The molecule has 0 aliphatic heterocycles. The number of hydrogen-bond donors (Lipinski definition) is 1. The van der Waals surface area contributed by atoms with E-state index in [1.54, 1.807) is 16.0 Å². The molecule has 2 heterocycles. The van der Waals surface area contributed by atoms with Crippen LogP contribution < -0.4 is 5.73 Å². The molecule has 2 aromatic rings. The van der Waals surface area contributed by atoms with Gasteiger partial charge in [-0.25, -0.2) is 4.98 Å². The van der Waals surface area contributed by atoms with E-state index >= 15 is 0 Å². The zero-order valence-electron chi connectivity index (χ0n) is 10.5. The highest BCUT2D eigenvalue weighted by Gasteiger charge is 2.16. The van der Waals surface area contributed by atoms with Gasteiger partial charge in [-0.1, -0.05) is 13.8 Å². The minimum absolute atomic E-state index is 0.481. The molecule has 0 radical (unpaired) electrons. The van der Waals surface area contributed by atoms with Crippen LogP contribution in [0.15, 0.2) is 12.4 Å². The first-order chi connectivity index (χ1) is 8.11. The van der Waals surface area contributed by atoms with Gasteiger partial charge in [0.1, 0.15) is 0 Å². The van der Waals surface area contributed by atoms with Gasteiger partial charge < -0.3 is 5.73 Å². The van der Waals surface area contributed by atoms with Crippen LogP contribution in [0.25, 0.3) is 11.3 Å². The maximum Gasteiger partial charge on any atom is 0.0948 e. The van der Waals surface area contributed by atoms with Crippen LogP contribution in [0.2, 0.25) is 0 Å². The Morgan fingerprint density at radius 3 is 2.76 bits per heavy atom. The van der Waals surface area contributed by atoms with Crippen molar-refractivity contribution in [3.63, 3.8) is 0 Å². The Morgan fingerprint density at radius 1 is 1.47 bits per heavy atom. The second-order valence-corrected chi connectivity index (χ2v) is 5.53. The molecule has 0 amide bonds. The number of thiazole rings is 1. The molecule has 2 rings (SSSR count). The smallest absolute Gasteiger partial charge is 0.0948 e. The van der Waals surface area contributed by atoms with Gasteiger partial charge in [0, 0.05) is 30.1 Å². The summed E-state index contributed by atoms with van der Waals surface area (Å²) in [6.45, 7) is 5.04. The Hall–Kier alpha value is -1.20. The molecular formula is C12H18N4S. The van der Waals surface area contributed by atoms with Gasteiger partial charge in [-0.15, -0.1) is 11.3 Å². The molecule has 0 saturated carbocycles. The highest BCUT2D eigenvalue weighted by molar-refractivity contribution is 7.12. The van der Waals surface area contributed by atoms with E-state index in [9.17, 15) is 0 Å². The number of nitrogens with zero attached hydrogens (tertiary/aromatic N) is 3. The summed E-state index contributed by atoms with van der Waals surface area (Å²) >= 11 is 1.77. The van der Waals surface area contributed by atoms with Gasteiger partial charge in [0.05, 0.1) is 16.9 Å². The van der Waals surface area contributed by atoms with Gasteiger partial charge in [0.2, 0.25) is 0 Å². The van der Waals surface area contributed by atoms with E-state index < -0.39 is 0 Å². The summed E-state index contributed by atoms with van der Waals surface area (Å²) in [6, 6.07) is 0. The summed E-state index contributed by atoms with van der Waals surface area (Å²) in [6.07, 6.45) is 4.73. The molecule has 0 atom stereocenters. The molecule has 5 heteroatoms. The van der Waals surface area contributed by atoms with E-state index in [-0.39, 0.29) is 0 Å². The monoisotopic (exact) mass is 250 g/mol. The van der Waals surface area contributed by atoms with E-state index in [4.69, 9.17) is 5.73 Å². The van der Waals surface area contributed by atoms with Crippen LogP contribution in [-0.2, 0) is 13.5 Å². The Labute approximate surface area is 105 Å². The molecule has 4 nitrogen and oxygen atoms in total. The minimum Gasteiger partial charge on any atom is -0.330 e. The molecule has 0 saturated heterocycles. The Bertz CT molecular complexity index is 498. The Morgan fingerprint density at radius 2 is 2.24 bits per heavy atom. The van der Waals surface area contributed by atoms with Crippen LogP contribution >= 0.6 is 11.3 Å². The zero-order valence-corrected chi connectivity index (χ0v) is 11.3. The van der Waals surface area contributed by atoms with Gasteiger partial charge in [0.25, 0.3) is 0 Å². The van der Waals surface area contributed by atoms with Crippen molar-refractivity contribution in [2.24, 2.45) is 12.8 Å². The van der Waals surface area contributed by atoms with Crippen LogP contribution in [0.1, 0.15) is 29.7 Å². The highest BCUT2D eigenvalue weighted by atomic mass is 32.1. The van der Waals surface area contributed by atoms with Crippen LogP contribution in [0.4, 0.5) is 0 Å². The van der Waals surface area contributed by atoms with Crippen LogP contribution in [-0.4, -0.2) is 21.3 Å². The SMILES string of the molecule is CC(C)c1sc(CCN)nc1-c1cnn(C)c1. The van der Waals surface area contributed by atoms with Crippen molar-refractivity contribution < 1.29 is 0 Å². The molecule has 0 fully saturated rings. The van der Waals surface area contributed by atoms with E-state index in [1.165, 1.54) is 4.88 Å². The molecular weight excluding hydrogens is 232 g/mol. The van der Waals surface area contributed by atoms with Crippen molar-refractivity contribution in [2.45, 2.75) is 26.2 Å². The minimum atomic E-state index is 0.481. The first-order valence-electron chi connectivity index (χ1n) is 5.80. The highest BCUT2D eigenvalue weighted by Crippen LogP contribution is 2.33. The van der Waals surface area contributed by atoms with Gasteiger partial charge >= 0.3 is 0 Å². The number of hydrogen-bond acceptors (Lipinski definition) is 4. The first-order valence-corrected chi connectivity index (χ1v) is 6.62. The maximum absolute atomic E-state index is 5.59. The molecule has 0 aromatic carbocycles. The lowest BCUT2D eigenvalue weighted by molar-refractivity contribution is 0.768. The second kappa shape index (κ2) is 4.98. The standard InChI is InChI=1S/C12H18N4S/c1-8(2)12-11(9-6-14-16(3)7-9)15-10(17-12)4-5-13/h6-8H,4-5,13H2,1-3H3. The number of nitrogens with two attached hydrogens (primary N) is 1. The third-order valence-electron chi connectivity index (χ3n) is 2.56. The summed E-state index contributed by atoms with van der Waals surface area (Å²) in [7, 11) is 1.92.